The Morgan fingerprint density at radius 3 is 2.68 bits per heavy atom. The largest absolute Gasteiger partial charge is 0.427 e. The van der Waals surface area contributed by atoms with Gasteiger partial charge in [-0.1, -0.05) is 0 Å². The molecule has 2 aromatic heterocycles. The van der Waals surface area contributed by atoms with E-state index in [4.69, 9.17) is 4.65 Å². The van der Waals surface area contributed by atoms with Crippen LogP contribution in [0.15, 0.2) is 18.5 Å². The highest BCUT2D eigenvalue weighted by Crippen LogP contribution is 2.24. The molecule has 0 aliphatic heterocycles. The minimum atomic E-state index is -1.00. The van der Waals surface area contributed by atoms with E-state index in [0.717, 1.165) is 6.20 Å². The molecule has 2 N–H and O–H groups in total. The van der Waals surface area contributed by atoms with Gasteiger partial charge in [0, 0.05) is 5.39 Å². The second-order valence-electron chi connectivity index (χ2n) is 5.60. The first-order valence-electron chi connectivity index (χ1n) is 6.07. The molecule has 0 fully saturated rings. The number of hydrogen-bond donors (Lipinski definition) is 2. The van der Waals surface area contributed by atoms with Crippen molar-refractivity contribution in [1.29, 1.82) is 0 Å². The molecule has 0 amide bonds. The third kappa shape index (κ3) is 2.79. The summed E-state index contributed by atoms with van der Waals surface area (Å²) in [6, 6.07) is 1.39. The Hall–Kier alpha value is -1.40. The zero-order valence-electron chi connectivity index (χ0n) is 11.5. The minimum absolute atomic E-state index is 0.400. The molecule has 0 saturated heterocycles. The van der Waals surface area contributed by atoms with Gasteiger partial charge in [-0.05, 0) is 45.4 Å². The lowest BCUT2D eigenvalue weighted by Gasteiger charge is -2.37. The van der Waals surface area contributed by atoms with E-state index >= 15 is 0 Å². The molecule has 0 bridgehead atoms. The van der Waals surface area contributed by atoms with Crippen LogP contribution >= 0.6 is 0 Å². The SMILES string of the molecule is CC(C)(O)C(C)(C)O[B]c1c[nH]c2ncc(F)cc12. The van der Waals surface area contributed by atoms with E-state index in [9.17, 15) is 9.50 Å². The fourth-order valence-electron chi connectivity index (χ4n) is 1.45. The third-order valence-corrected chi connectivity index (χ3v) is 3.48. The molecule has 6 heteroatoms. The lowest BCUT2D eigenvalue weighted by atomic mass is 9.83. The molecular weight excluding hydrogens is 246 g/mol. The van der Waals surface area contributed by atoms with Gasteiger partial charge in [0.15, 0.2) is 0 Å². The number of H-pyrrole nitrogens is 1. The van der Waals surface area contributed by atoms with Crippen LogP contribution in [0.2, 0.25) is 0 Å². The highest BCUT2D eigenvalue weighted by molar-refractivity contribution is 6.51. The van der Waals surface area contributed by atoms with Gasteiger partial charge in [-0.15, -0.1) is 0 Å². The van der Waals surface area contributed by atoms with Gasteiger partial charge in [0.2, 0.25) is 0 Å². The number of nitrogens with zero attached hydrogens (tertiary/aromatic N) is 1. The lowest BCUT2D eigenvalue weighted by Crippen LogP contribution is -2.49. The normalized spacial score (nSPS) is 12.9. The van der Waals surface area contributed by atoms with Crippen LogP contribution in [0.3, 0.4) is 0 Å². The first-order chi connectivity index (χ1) is 8.71. The Bertz CT molecular complexity index is 590. The fourth-order valence-corrected chi connectivity index (χ4v) is 1.45. The first kappa shape index (κ1) is 14.0. The smallest absolute Gasteiger partial charge is 0.333 e. The summed E-state index contributed by atoms with van der Waals surface area (Å²) in [4.78, 5) is 6.88. The number of nitrogens with one attached hydrogen (secondary N) is 1. The summed E-state index contributed by atoms with van der Waals surface area (Å²) < 4.78 is 18.8. The molecule has 0 saturated carbocycles. The van der Waals surface area contributed by atoms with Crippen molar-refractivity contribution in [2.24, 2.45) is 0 Å². The Labute approximate surface area is 112 Å². The maximum absolute atomic E-state index is 13.2. The summed E-state index contributed by atoms with van der Waals surface area (Å²) in [6.45, 7) is 6.93. The molecule has 4 nitrogen and oxygen atoms in total. The van der Waals surface area contributed by atoms with Crippen molar-refractivity contribution in [3.8, 4) is 0 Å². The van der Waals surface area contributed by atoms with Crippen LogP contribution in [0, 0.1) is 5.82 Å². The highest BCUT2D eigenvalue weighted by Gasteiger charge is 2.35. The molecular formula is C13H17BFN2O2. The van der Waals surface area contributed by atoms with E-state index in [1.807, 2.05) is 0 Å². The van der Waals surface area contributed by atoms with Gasteiger partial charge >= 0.3 is 7.48 Å². The molecule has 2 aromatic rings. The van der Waals surface area contributed by atoms with Gasteiger partial charge in [0.05, 0.1) is 17.4 Å². The van der Waals surface area contributed by atoms with Crippen LogP contribution in [-0.2, 0) is 4.65 Å². The average Bonchev–Trinajstić information content (AvgIpc) is 2.67. The molecule has 0 atom stereocenters. The van der Waals surface area contributed by atoms with Crippen LogP contribution in [0.1, 0.15) is 27.7 Å². The average molecular weight is 263 g/mol. The van der Waals surface area contributed by atoms with E-state index < -0.39 is 17.0 Å². The minimum Gasteiger partial charge on any atom is -0.427 e. The number of halogens is 1. The molecule has 0 aromatic carbocycles. The van der Waals surface area contributed by atoms with Gasteiger partial charge in [0.25, 0.3) is 0 Å². The van der Waals surface area contributed by atoms with Crippen LogP contribution in [-0.4, -0.2) is 33.8 Å². The summed E-state index contributed by atoms with van der Waals surface area (Å²) in [5.41, 5.74) is -0.479. The number of aromatic nitrogens is 2. The van der Waals surface area contributed by atoms with E-state index in [0.29, 0.717) is 16.5 Å². The molecule has 19 heavy (non-hydrogen) atoms. The first-order valence-corrected chi connectivity index (χ1v) is 6.07. The number of rotatable bonds is 4. The van der Waals surface area contributed by atoms with E-state index in [1.165, 1.54) is 13.5 Å². The highest BCUT2D eigenvalue weighted by atomic mass is 19.1. The number of aliphatic hydroxyl groups is 1. The van der Waals surface area contributed by atoms with Crippen molar-refractivity contribution in [3.63, 3.8) is 0 Å². The van der Waals surface area contributed by atoms with Gasteiger partial charge in [0.1, 0.15) is 11.5 Å². The summed E-state index contributed by atoms with van der Waals surface area (Å²) in [6.07, 6.45) is 2.85. The van der Waals surface area contributed by atoms with Gasteiger partial charge in [-0.2, -0.15) is 0 Å². The quantitative estimate of drug-likeness (QED) is 0.822. The predicted molar refractivity (Wildman–Crippen MR) is 72.9 cm³/mol. The van der Waals surface area contributed by atoms with Crippen molar-refractivity contribution in [3.05, 3.63) is 24.3 Å². The molecule has 101 valence electrons. The Balaban J connectivity index is 2.21. The summed E-state index contributed by atoms with van der Waals surface area (Å²) in [5, 5.41) is 10.7. The van der Waals surface area contributed by atoms with Gasteiger partial charge in [-0.25, -0.2) is 9.37 Å². The molecule has 0 spiro atoms. The molecule has 0 aliphatic rings. The number of pyridine rings is 1. The van der Waals surface area contributed by atoms with Gasteiger partial charge < -0.3 is 14.7 Å². The molecule has 2 heterocycles. The van der Waals surface area contributed by atoms with Crippen LogP contribution in [0.4, 0.5) is 4.39 Å². The Morgan fingerprint density at radius 1 is 1.37 bits per heavy atom. The lowest BCUT2D eigenvalue weighted by molar-refractivity contribution is -0.0893. The predicted octanol–water partition coefficient (Wildman–Crippen LogP) is 1.51. The molecule has 2 rings (SSSR count). The van der Waals surface area contributed by atoms with E-state index in [2.05, 4.69) is 9.97 Å². The monoisotopic (exact) mass is 263 g/mol. The molecule has 1 radical (unpaired) electrons. The van der Waals surface area contributed by atoms with Crippen LogP contribution in [0.25, 0.3) is 11.0 Å². The summed E-state index contributed by atoms with van der Waals surface area (Å²) in [5.74, 6) is -0.400. The zero-order valence-corrected chi connectivity index (χ0v) is 11.5. The topological polar surface area (TPSA) is 58.1 Å². The van der Waals surface area contributed by atoms with Crippen LogP contribution < -0.4 is 5.46 Å². The van der Waals surface area contributed by atoms with Crippen molar-refractivity contribution in [2.45, 2.75) is 38.9 Å². The van der Waals surface area contributed by atoms with Crippen molar-refractivity contribution >= 4 is 24.0 Å². The second kappa shape index (κ2) is 4.61. The van der Waals surface area contributed by atoms with Crippen LogP contribution in [0.5, 0.6) is 0 Å². The molecule has 0 unspecified atom stereocenters. The van der Waals surface area contributed by atoms with Gasteiger partial charge in [-0.3, -0.25) is 0 Å². The summed E-state index contributed by atoms with van der Waals surface area (Å²) >= 11 is 0. The Kier molecular flexibility index (Phi) is 3.41. The van der Waals surface area contributed by atoms with Crippen molar-refractivity contribution in [1.82, 2.24) is 9.97 Å². The second-order valence-corrected chi connectivity index (χ2v) is 5.60. The molecule has 0 aliphatic carbocycles. The number of aromatic amines is 1. The number of fused-ring (bicyclic) bond motifs is 1. The van der Waals surface area contributed by atoms with E-state index in [1.54, 1.807) is 33.9 Å². The Morgan fingerprint density at radius 2 is 2.05 bits per heavy atom. The third-order valence-electron chi connectivity index (χ3n) is 3.48. The fraction of sp³-hybridized carbons (Fsp3) is 0.462. The van der Waals surface area contributed by atoms with E-state index in [-0.39, 0.29) is 0 Å². The zero-order chi connectivity index (χ0) is 14.3. The maximum atomic E-state index is 13.2. The standard InChI is InChI=1S/C13H17BFN2O2/c1-12(2,18)13(3,4)19-14-10-7-17-11-9(10)5-8(15)6-16-11/h5-7,18H,1-4H3,(H,16,17). The maximum Gasteiger partial charge on any atom is 0.333 e. The van der Waals surface area contributed by atoms with Crippen molar-refractivity contribution in [2.75, 3.05) is 0 Å². The number of hydrogen-bond acceptors (Lipinski definition) is 3. The summed E-state index contributed by atoms with van der Waals surface area (Å²) in [7, 11) is 1.51. The van der Waals surface area contributed by atoms with Crippen molar-refractivity contribution < 1.29 is 14.2 Å².